The van der Waals surface area contributed by atoms with Crippen LogP contribution >= 0.6 is 0 Å². The van der Waals surface area contributed by atoms with E-state index < -0.39 is 33.0 Å². The lowest BCUT2D eigenvalue weighted by Gasteiger charge is -2.14. The average Bonchev–Trinajstić information content (AvgIpc) is 2.46. The standard InChI is InChI=1S/C15H12F3NO3S/c1-23(21,22)13-9-5-4-8-12(13)19-14(20)10-6-2-3-7-11(10)15(16,17)18/h2-9H,1H3,(H,19,20). The zero-order valence-corrected chi connectivity index (χ0v) is 12.7. The molecule has 23 heavy (non-hydrogen) atoms. The summed E-state index contributed by atoms with van der Waals surface area (Å²) in [5.41, 5.74) is -1.74. The third-order valence-corrected chi connectivity index (χ3v) is 4.17. The molecule has 0 heterocycles. The number of carbonyl (C=O) groups excluding carboxylic acids is 1. The summed E-state index contributed by atoms with van der Waals surface area (Å²) in [6.07, 6.45) is -3.74. The maximum absolute atomic E-state index is 12.9. The maximum atomic E-state index is 12.9. The van der Waals surface area contributed by atoms with Gasteiger partial charge in [-0.15, -0.1) is 0 Å². The maximum Gasteiger partial charge on any atom is 0.417 e. The predicted molar refractivity (Wildman–Crippen MR) is 78.9 cm³/mol. The normalized spacial score (nSPS) is 12.0. The Labute approximate surface area is 130 Å². The molecule has 1 N–H and O–H groups in total. The number of rotatable bonds is 3. The van der Waals surface area contributed by atoms with Gasteiger partial charge < -0.3 is 5.32 Å². The number of sulfone groups is 1. The van der Waals surface area contributed by atoms with Gasteiger partial charge in [0.2, 0.25) is 0 Å². The van der Waals surface area contributed by atoms with E-state index in [-0.39, 0.29) is 10.6 Å². The highest BCUT2D eigenvalue weighted by Gasteiger charge is 2.35. The van der Waals surface area contributed by atoms with Crippen molar-refractivity contribution < 1.29 is 26.4 Å². The molecular formula is C15H12F3NO3S. The van der Waals surface area contributed by atoms with Crippen molar-refractivity contribution >= 4 is 21.4 Å². The number of anilines is 1. The average molecular weight is 343 g/mol. The van der Waals surface area contributed by atoms with Gasteiger partial charge in [-0.2, -0.15) is 13.2 Å². The molecule has 0 bridgehead atoms. The van der Waals surface area contributed by atoms with Gasteiger partial charge in [-0.1, -0.05) is 24.3 Å². The first-order valence-corrected chi connectivity index (χ1v) is 8.26. The van der Waals surface area contributed by atoms with E-state index in [9.17, 15) is 26.4 Å². The van der Waals surface area contributed by atoms with E-state index in [4.69, 9.17) is 0 Å². The Morgan fingerprint density at radius 2 is 1.57 bits per heavy atom. The molecule has 2 rings (SSSR count). The van der Waals surface area contributed by atoms with E-state index in [2.05, 4.69) is 5.32 Å². The lowest BCUT2D eigenvalue weighted by atomic mass is 10.1. The van der Waals surface area contributed by atoms with Crippen LogP contribution in [0.4, 0.5) is 18.9 Å². The number of hydrogen-bond donors (Lipinski definition) is 1. The fourth-order valence-electron chi connectivity index (χ4n) is 2.01. The van der Waals surface area contributed by atoms with Crippen LogP contribution in [0.15, 0.2) is 53.4 Å². The molecule has 0 aliphatic heterocycles. The van der Waals surface area contributed by atoms with Crippen molar-refractivity contribution in [2.24, 2.45) is 0 Å². The highest BCUT2D eigenvalue weighted by molar-refractivity contribution is 7.90. The van der Waals surface area contributed by atoms with Crippen molar-refractivity contribution in [1.82, 2.24) is 0 Å². The molecule has 4 nitrogen and oxygen atoms in total. The summed E-state index contributed by atoms with van der Waals surface area (Å²) in [6.45, 7) is 0. The van der Waals surface area contributed by atoms with Crippen molar-refractivity contribution in [2.75, 3.05) is 11.6 Å². The van der Waals surface area contributed by atoms with Crippen molar-refractivity contribution in [3.8, 4) is 0 Å². The number of halogens is 3. The smallest absolute Gasteiger partial charge is 0.321 e. The first-order chi connectivity index (χ1) is 10.6. The number of benzene rings is 2. The summed E-state index contributed by atoms with van der Waals surface area (Å²) < 4.78 is 62.2. The SMILES string of the molecule is CS(=O)(=O)c1ccccc1NC(=O)c1ccccc1C(F)(F)F. The van der Waals surface area contributed by atoms with Crippen LogP contribution in [-0.4, -0.2) is 20.6 Å². The number of amides is 1. The number of nitrogens with one attached hydrogen (secondary N) is 1. The third kappa shape index (κ3) is 3.89. The van der Waals surface area contributed by atoms with Gasteiger partial charge in [0, 0.05) is 6.26 Å². The van der Waals surface area contributed by atoms with Crippen molar-refractivity contribution in [2.45, 2.75) is 11.1 Å². The minimum atomic E-state index is -4.69. The van der Waals surface area contributed by atoms with Crippen LogP contribution in [0, 0.1) is 0 Å². The fourth-order valence-corrected chi connectivity index (χ4v) is 2.86. The van der Waals surface area contributed by atoms with Crippen molar-refractivity contribution in [3.05, 3.63) is 59.7 Å². The topological polar surface area (TPSA) is 63.2 Å². The Morgan fingerprint density at radius 3 is 2.17 bits per heavy atom. The van der Waals surface area contributed by atoms with Crippen LogP contribution in [0.3, 0.4) is 0 Å². The third-order valence-electron chi connectivity index (χ3n) is 3.01. The number of hydrogen-bond acceptors (Lipinski definition) is 3. The van der Waals surface area contributed by atoms with Gasteiger partial charge in [-0.05, 0) is 24.3 Å². The zero-order chi connectivity index (χ0) is 17.3. The first kappa shape index (κ1) is 17.0. The lowest BCUT2D eigenvalue weighted by Crippen LogP contribution is -2.19. The Bertz CT molecular complexity index is 845. The Hall–Kier alpha value is -2.35. The second-order valence-corrected chi connectivity index (χ2v) is 6.75. The second-order valence-electron chi connectivity index (χ2n) is 4.77. The molecule has 0 aromatic heterocycles. The monoisotopic (exact) mass is 343 g/mol. The fraction of sp³-hybridized carbons (Fsp3) is 0.133. The van der Waals surface area contributed by atoms with Crippen LogP contribution in [0.25, 0.3) is 0 Å². The molecule has 0 atom stereocenters. The molecule has 0 saturated carbocycles. The van der Waals surface area contributed by atoms with Crippen LogP contribution < -0.4 is 5.32 Å². The van der Waals surface area contributed by atoms with Gasteiger partial charge >= 0.3 is 6.18 Å². The second kappa shape index (κ2) is 6.04. The summed E-state index contributed by atoms with van der Waals surface area (Å²) in [6, 6.07) is 9.79. The minimum Gasteiger partial charge on any atom is -0.321 e. The van der Waals surface area contributed by atoms with Crippen molar-refractivity contribution in [3.63, 3.8) is 0 Å². The van der Waals surface area contributed by atoms with E-state index in [1.807, 2.05) is 0 Å². The van der Waals surface area contributed by atoms with Crippen LogP contribution in [-0.2, 0) is 16.0 Å². The molecule has 2 aromatic carbocycles. The molecule has 0 aliphatic rings. The summed E-state index contributed by atoms with van der Waals surface area (Å²) >= 11 is 0. The van der Waals surface area contributed by atoms with Gasteiger partial charge in [0.1, 0.15) is 0 Å². The molecule has 0 fully saturated rings. The van der Waals surface area contributed by atoms with E-state index in [1.54, 1.807) is 0 Å². The molecule has 0 radical (unpaired) electrons. The molecule has 8 heteroatoms. The van der Waals surface area contributed by atoms with E-state index in [0.29, 0.717) is 0 Å². The number of para-hydroxylation sites is 1. The highest BCUT2D eigenvalue weighted by atomic mass is 32.2. The van der Waals surface area contributed by atoms with E-state index in [1.165, 1.54) is 36.4 Å². The lowest BCUT2D eigenvalue weighted by molar-refractivity contribution is -0.137. The quantitative estimate of drug-likeness (QED) is 0.929. The molecule has 1 amide bonds. The molecule has 122 valence electrons. The number of carbonyl (C=O) groups is 1. The molecular weight excluding hydrogens is 331 g/mol. The first-order valence-electron chi connectivity index (χ1n) is 6.37. The van der Waals surface area contributed by atoms with Gasteiger partial charge in [0.05, 0.1) is 21.7 Å². The molecule has 0 saturated heterocycles. The molecule has 0 spiro atoms. The summed E-state index contributed by atoms with van der Waals surface area (Å²) in [7, 11) is -3.64. The van der Waals surface area contributed by atoms with Crippen molar-refractivity contribution in [1.29, 1.82) is 0 Å². The van der Waals surface area contributed by atoms with Gasteiger partial charge in [-0.25, -0.2) is 8.42 Å². The Balaban J connectivity index is 2.43. The summed E-state index contributed by atoms with van der Waals surface area (Å²) in [5, 5.41) is 2.23. The van der Waals surface area contributed by atoms with Crippen LogP contribution in [0.5, 0.6) is 0 Å². The molecule has 0 aliphatic carbocycles. The van der Waals surface area contributed by atoms with Gasteiger partial charge in [0.25, 0.3) is 5.91 Å². The zero-order valence-electron chi connectivity index (χ0n) is 11.9. The van der Waals surface area contributed by atoms with E-state index >= 15 is 0 Å². The van der Waals surface area contributed by atoms with Gasteiger partial charge in [0.15, 0.2) is 9.84 Å². The largest absolute Gasteiger partial charge is 0.417 e. The molecule has 0 unspecified atom stereocenters. The van der Waals surface area contributed by atoms with Gasteiger partial charge in [-0.3, -0.25) is 4.79 Å². The van der Waals surface area contributed by atoms with Crippen LogP contribution in [0.1, 0.15) is 15.9 Å². The predicted octanol–water partition coefficient (Wildman–Crippen LogP) is 3.36. The Kier molecular flexibility index (Phi) is 4.46. The summed E-state index contributed by atoms with van der Waals surface area (Å²) in [5.74, 6) is -1.03. The highest BCUT2D eigenvalue weighted by Crippen LogP contribution is 2.32. The minimum absolute atomic E-state index is 0.0722. The Morgan fingerprint density at radius 1 is 1.00 bits per heavy atom. The number of alkyl halides is 3. The van der Waals surface area contributed by atoms with Crippen LogP contribution in [0.2, 0.25) is 0 Å². The molecule has 2 aromatic rings. The van der Waals surface area contributed by atoms with E-state index in [0.717, 1.165) is 18.4 Å². The summed E-state index contributed by atoms with van der Waals surface area (Å²) in [4.78, 5) is 12.0.